The lowest BCUT2D eigenvalue weighted by Crippen LogP contribution is -2.50. The molecule has 1 spiro atoms. The van der Waals surface area contributed by atoms with Gasteiger partial charge in [0.2, 0.25) is 0 Å². The van der Waals surface area contributed by atoms with Crippen LogP contribution in [-0.2, 0) is 17.8 Å². The number of piperidine rings is 1. The van der Waals surface area contributed by atoms with E-state index < -0.39 is 17.5 Å². The van der Waals surface area contributed by atoms with Crippen LogP contribution in [0.3, 0.4) is 0 Å². The second-order valence-corrected chi connectivity index (χ2v) is 9.81. The summed E-state index contributed by atoms with van der Waals surface area (Å²) in [5.74, 6) is 0. The van der Waals surface area contributed by atoms with Crippen molar-refractivity contribution in [1.29, 1.82) is 0 Å². The van der Waals surface area contributed by atoms with Gasteiger partial charge in [0.15, 0.2) is 0 Å². The van der Waals surface area contributed by atoms with Crippen LogP contribution in [0.25, 0.3) is 0 Å². The van der Waals surface area contributed by atoms with Gasteiger partial charge in [0.25, 0.3) is 0 Å². The van der Waals surface area contributed by atoms with Crippen molar-refractivity contribution in [2.24, 2.45) is 5.41 Å². The Morgan fingerprint density at radius 2 is 2.12 bits per heavy atom. The lowest BCUT2D eigenvalue weighted by Gasteiger charge is -2.43. The molecule has 7 heteroatoms. The lowest BCUT2D eigenvalue weighted by atomic mass is 9.73. The zero-order chi connectivity index (χ0) is 17.5. The van der Waals surface area contributed by atoms with Crippen LogP contribution in [0.2, 0.25) is 0 Å². The highest BCUT2D eigenvalue weighted by Gasteiger charge is 2.50. The van der Waals surface area contributed by atoms with Crippen LogP contribution < -0.4 is 4.72 Å². The highest BCUT2D eigenvalue weighted by molar-refractivity contribution is 7.90. The highest BCUT2D eigenvalue weighted by Crippen LogP contribution is 2.52. The minimum Gasteiger partial charge on any atom is -0.598 e. The van der Waals surface area contributed by atoms with E-state index in [9.17, 15) is 14.5 Å². The summed E-state index contributed by atoms with van der Waals surface area (Å²) in [4.78, 5) is 16.9. The predicted octanol–water partition coefficient (Wildman–Crippen LogP) is 2.49. The molecule has 0 aromatic carbocycles. The van der Waals surface area contributed by atoms with E-state index in [1.165, 1.54) is 10.5 Å². The Labute approximate surface area is 146 Å². The van der Waals surface area contributed by atoms with Gasteiger partial charge in [-0.3, -0.25) is 4.98 Å². The summed E-state index contributed by atoms with van der Waals surface area (Å²) in [6, 6.07) is 1.98. The molecule has 0 radical (unpaired) electrons. The van der Waals surface area contributed by atoms with Crippen molar-refractivity contribution in [1.82, 2.24) is 14.6 Å². The number of carboxylic acid groups (broad SMARTS) is 1. The van der Waals surface area contributed by atoms with Crippen LogP contribution in [0.15, 0.2) is 18.5 Å². The zero-order valence-corrected chi connectivity index (χ0v) is 15.2. The molecule has 2 heterocycles. The third-order valence-corrected chi connectivity index (χ3v) is 6.78. The summed E-state index contributed by atoms with van der Waals surface area (Å²) in [5.41, 5.74) is 2.26. The molecule has 3 rings (SSSR count). The van der Waals surface area contributed by atoms with E-state index in [4.69, 9.17) is 0 Å². The molecule has 0 bridgehead atoms. The Morgan fingerprint density at radius 3 is 2.71 bits per heavy atom. The molecule has 1 amide bonds. The number of likely N-dealkylation sites (tertiary alicyclic amines) is 1. The molecule has 1 fully saturated rings. The van der Waals surface area contributed by atoms with Crippen molar-refractivity contribution < 1.29 is 14.5 Å². The first kappa shape index (κ1) is 17.5. The fourth-order valence-electron chi connectivity index (χ4n) is 3.76. The van der Waals surface area contributed by atoms with E-state index in [-0.39, 0.29) is 16.2 Å². The van der Waals surface area contributed by atoms with E-state index in [0.717, 1.165) is 24.8 Å². The Morgan fingerprint density at radius 1 is 1.46 bits per heavy atom. The minimum absolute atomic E-state index is 0.0218. The van der Waals surface area contributed by atoms with Crippen LogP contribution in [-0.4, -0.2) is 43.5 Å². The maximum Gasteiger partial charge on any atom is 0.407 e. The van der Waals surface area contributed by atoms with E-state index in [0.29, 0.717) is 13.1 Å². The number of nitrogens with one attached hydrogen (secondary N) is 1. The number of amides is 1. The number of hydrogen-bond donors (Lipinski definition) is 2. The summed E-state index contributed by atoms with van der Waals surface area (Å²) in [6.07, 6.45) is 5.22. The highest BCUT2D eigenvalue weighted by atomic mass is 32.2. The average molecular weight is 351 g/mol. The standard InChI is InChI=1S/C17H25N3O3S/c1-16(2,3)24(23)19-14-13-4-7-18-11-12(13)10-17(14)5-8-20(9-6-17)15(21)22/h4,7,11,14,19H,5-6,8-10H2,1-3H3,(H,21,22)/t14-,24?/m0/s1. The Bertz CT molecular complexity index is 624. The molecular formula is C17H25N3O3S. The molecule has 132 valence electrons. The second kappa shape index (κ2) is 6.20. The number of pyridine rings is 1. The Balaban J connectivity index is 1.87. The molecule has 1 unspecified atom stereocenters. The quantitative estimate of drug-likeness (QED) is 0.799. The minimum atomic E-state index is -1.18. The molecule has 2 N–H and O–H groups in total. The van der Waals surface area contributed by atoms with Crippen molar-refractivity contribution in [2.45, 2.75) is 50.8 Å². The van der Waals surface area contributed by atoms with E-state index in [1.54, 1.807) is 6.20 Å². The van der Waals surface area contributed by atoms with Crippen LogP contribution in [0, 0.1) is 5.41 Å². The summed E-state index contributed by atoms with van der Waals surface area (Å²) >= 11 is -1.18. The van der Waals surface area contributed by atoms with Gasteiger partial charge in [0, 0.05) is 42.3 Å². The van der Waals surface area contributed by atoms with Crippen molar-refractivity contribution in [2.75, 3.05) is 13.1 Å². The molecular weight excluding hydrogens is 326 g/mol. The van der Waals surface area contributed by atoms with Gasteiger partial charge in [-0.1, -0.05) is 0 Å². The Kier molecular flexibility index (Phi) is 4.53. The van der Waals surface area contributed by atoms with Crippen molar-refractivity contribution in [3.05, 3.63) is 29.6 Å². The predicted molar refractivity (Wildman–Crippen MR) is 93.0 cm³/mol. The molecule has 1 saturated heterocycles. The molecule has 2 aliphatic rings. The van der Waals surface area contributed by atoms with Gasteiger partial charge in [0.1, 0.15) is 4.75 Å². The molecule has 2 atom stereocenters. The average Bonchev–Trinajstić information content (AvgIpc) is 2.80. The number of rotatable bonds is 2. The van der Waals surface area contributed by atoms with E-state index >= 15 is 0 Å². The third-order valence-electron chi connectivity index (χ3n) is 5.22. The second-order valence-electron chi connectivity index (χ2n) is 7.82. The van der Waals surface area contributed by atoms with Gasteiger partial charge in [-0.2, -0.15) is 0 Å². The molecule has 1 aromatic rings. The normalized spacial score (nSPS) is 24.0. The fraction of sp³-hybridized carbons (Fsp3) is 0.647. The van der Waals surface area contributed by atoms with Crippen molar-refractivity contribution in [3.8, 4) is 0 Å². The smallest absolute Gasteiger partial charge is 0.407 e. The number of nitrogens with zero attached hydrogens (tertiary/aromatic N) is 2. The van der Waals surface area contributed by atoms with Crippen LogP contribution in [0.1, 0.15) is 50.8 Å². The molecule has 0 saturated carbocycles. The van der Waals surface area contributed by atoms with Gasteiger partial charge in [0.05, 0.1) is 6.04 Å². The number of hydrogen-bond acceptors (Lipinski definition) is 4. The maximum atomic E-state index is 12.7. The molecule has 24 heavy (non-hydrogen) atoms. The SMILES string of the molecule is CC(C)(C)[S+]([O-])N[C@H]1c2ccncc2CC12CCN(C(=O)O)CC2. The summed E-state index contributed by atoms with van der Waals surface area (Å²) in [6.45, 7) is 6.92. The van der Waals surface area contributed by atoms with Gasteiger partial charge in [-0.15, -0.1) is 4.72 Å². The van der Waals surface area contributed by atoms with E-state index in [2.05, 4.69) is 9.71 Å². The number of fused-ring (bicyclic) bond motifs is 1. The fourth-order valence-corrected chi connectivity index (χ4v) is 4.70. The van der Waals surface area contributed by atoms with Gasteiger partial charge in [-0.05, 0) is 57.2 Å². The van der Waals surface area contributed by atoms with Gasteiger partial charge < -0.3 is 14.6 Å². The largest absolute Gasteiger partial charge is 0.598 e. The number of carbonyl (C=O) groups is 1. The van der Waals surface area contributed by atoms with Crippen molar-refractivity contribution in [3.63, 3.8) is 0 Å². The summed E-state index contributed by atoms with van der Waals surface area (Å²) < 4.78 is 15.7. The maximum absolute atomic E-state index is 12.7. The van der Waals surface area contributed by atoms with Gasteiger partial charge in [-0.25, -0.2) is 4.79 Å². The van der Waals surface area contributed by atoms with E-state index in [1.807, 2.05) is 33.0 Å². The van der Waals surface area contributed by atoms with Crippen LogP contribution >= 0.6 is 0 Å². The summed E-state index contributed by atoms with van der Waals surface area (Å²) in [5, 5.41) is 9.21. The molecule has 1 aliphatic carbocycles. The number of aromatic nitrogens is 1. The van der Waals surface area contributed by atoms with Crippen LogP contribution in [0.4, 0.5) is 4.79 Å². The monoisotopic (exact) mass is 351 g/mol. The third kappa shape index (κ3) is 3.12. The molecule has 6 nitrogen and oxygen atoms in total. The first-order valence-electron chi connectivity index (χ1n) is 8.32. The first-order chi connectivity index (χ1) is 11.2. The topological polar surface area (TPSA) is 88.5 Å². The lowest BCUT2D eigenvalue weighted by molar-refractivity contribution is 0.0764. The summed E-state index contributed by atoms with van der Waals surface area (Å²) in [7, 11) is 0. The molecule has 1 aromatic heterocycles. The van der Waals surface area contributed by atoms with Crippen LogP contribution in [0.5, 0.6) is 0 Å². The van der Waals surface area contributed by atoms with Gasteiger partial charge >= 0.3 is 6.09 Å². The van der Waals surface area contributed by atoms with Crippen molar-refractivity contribution >= 4 is 17.5 Å². The zero-order valence-electron chi connectivity index (χ0n) is 14.4. The molecule has 1 aliphatic heterocycles. The first-order valence-corrected chi connectivity index (χ1v) is 9.47. The Hall–Kier alpha value is -1.31.